The number of nitrogens with zero attached hydrogens (tertiary/aromatic N) is 2. The Bertz CT molecular complexity index is 835. The summed E-state index contributed by atoms with van der Waals surface area (Å²) < 4.78 is 26.9. The standard InChI is InChI=1S/C14H13N3O4S/c18-17(19)13-7-3-4-8-14(13)22(20,21)16-10-9-15-11-5-1-2-6-12(11)16/h1-8,15H,9-10H2. The van der Waals surface area contributed by atoms with Gasteiger partial charge < -0.3 is 5.32 Å². The lowest BCUT2D eigenvalue weighted by atomic mass is 10.2. The topological polar surface area (TPSA) is 92.5 Å². The van der Waals surface area contributed by atoms with Gasteiger partial charge in [-0.1, -0.05) is 24.3 Å². The zero-order chi connectivity index (χ0) is 15.7. The smallest absolute Gasteiger partial charge is 0.289 e. The fourth-order valence-corrected chi connectivity index (χ4v) is 4.09. The molecule has 1 N–H and O–H groups in total. The number of fused-ring (bicyclic) bond motifs is 1. The van der Waals surface area contributed by atoms with Gasteiger partial charge in [0.25, 0.3) is 15.7 Å². The zero-order valence-corrected chi connectivity index (χ0v) is 12.3. The van der Waals surface area contributed by atoms with Gasteiger partial charge in [-0.3, -0.25) is 14.4 Å². The van der Waals surface area contributed by atoms with Crippen LogP contribution in [-0.4, -0.2) is 26.4 Å². The molecular formula is C14H13N3O4S. The van der Waals surface area contributed by atoms with Crippen molar-refractivity contribution in [3.05, 3.63) is 58.6 Å². The first-order chi connectivity index (χ1) is 10.5. The highest BCUT2D eigenvalue weighted by molar-refractivity contribution is 7.93. The first-order valence-electron chi connectivity index (χ1n) is 6.61. The lowest BCUT2D eigenvalue weighted by molar-refractivity contribution is -0.387. The van der Waals surface area contributed by atoms with Crippen LogP contribution in [0.1, 0.15) is 0 Å². The van der Waals surface area contributed by atoms with E-state index in [2.05, 4.69) is 5.32 Å². The van der Waals surface area contributed by atoms with Crippen LogP contribution in [0.25, 0.3) is 0 Å². The predicted molar refractivity (Wildman–Crippen MR) is 82.6 cm³/mol. The molecule has 1 aliphatic heterocycles. The minimum Gasteiger partial charge on any atom is -0.382 e. The molecule has 7 nitrogen and oxygen atoms in total. The maximum Gasteiger partial charge on any atom is 0.289 e. The number of hydrogen-bond donors (Lipinski definition) is 1. The zero-order valence-electron chi connectivity index (χ0n) is 11.5. The van der Waals surface area contributed by atoms with Crippen LogP contribution in [0.4, 0.5) is 17.1 Å². The van der Waals surface area contributed by atoms with E-state index in [1.807, 2.05) is 0 Å². The molecule has 1 aliphatic rings. The van der Waals surface area contributed by atoms with Gasteiger partial charge >= 0.3 is 0 Å². The van der Waals surface area contributed by atoms with Gasteiger partial charge in [-0.2, -0.15) is 0 Å². The van der Waals surface area contributed by atoms with Crippen molar-refractivity contribution in [2.75, 3.05) is 22.7 Å². The molecule has 2 aromatic rings. The Balaban J connectivity index is 2.15. The first kappa shape index (κ1) is 14.3. The molecule has 0 unspecified atom stereocenters. The van der Waals surface area contributed by atoms with Crippen LogP contribution >= 0.6 is 0 Å². The van der Waals surface area contributed by atoms with Crippen LogP contribution in [0, 0.1) is 10.1 Å². The fraction of sp³-hybridized carbons (Fsp3) is 0.143. The lowest BCUT2D eigenvalue weighted by Crippen LogP contribution is -2.39. The maximum absolute atomic E-state index is 12.9. The molecule has 0 bridgehead atoms. The molecule has 0 saturated heterocycles. The van der Waals surface area contributed by atoms with Crippen molar-refractivity contribution in [1.29, 1.82) is 0 Å². The van der Waals surface area contributed by atoms with Crippen LogP contribution in [0.2, 0.25) is 0 Å². The summed E-state index contributed by atoms with van der Waals surface area (Å²) >= 11 is 0. The van der Waals surface area contributed by atoms with E-state index in [0.29, 0.717) is 17.9 Å². The summed E-state index contributed by atoms with van der Waals surface area (Å²) in [5.41, 5.74) is 0.765. The van der Waals surface area contributed by atoms with Crippen LogP contribution in [-0.2, 0) is 10.0 Å². The van der Waals surface area contributed by atoms with Crippen LogP contribution < -0.4 is 9.62 Å². The molecule has 0 radical (unpaired) electrons. The number of rotatable bonds is 3. The van der Waals surface area contributed by atoms with Gasteiger partial charge in [0, 0.05) is 12.6 Å². The minimum atomic E-state index is -4.00. The number of sulfonamides is 1. The Morgan fingerprint density at radius 1 is 1.09 bits per heavy atom. The Morgan fingerprint density at radius 3 is 2.55 bits per heavy atom. The highest BCUT2D eigenvalue weighted by atomic mass is 32.2. The van der Waals surface area contributed by atoms with Crippen LogP contribution in [0.5, 0.6) is 0 Å². The summed E-state index contributed by atoms with van der Waals surface area (Å²) in [6.45, 7) is 0.655. The predicted octanol–water partition coefficient (Wildman–Crippen LogP) is 2.22. The van der Waals surface area contributed by atoms with E-state index in [4.69, 9.17) is 0 Å². The number of nitro groups is 1. The van der Waals surface area contributed by atoms with Crippen LogP contribution in [0.15, 0.2) is 53.4 Å². The largest absolute Gasteiger partial charge is 0.382 e. The third-order valence-electron chi connectivity index (χ3n) is 3.43. The van der Waals surface area contributed by atoms with Gasteiger partial charge in [-0.05, 0) is 18.2 Å². The molecular weight excluding hydrogens is 306 g/mol. The van der Waals surface area contributed by atoms with Gasteiger partial charge in [0.05, 0.1) is 22.8 Å². The second-order valence-corrected chi connectivity index (χ2v) is 6.58. The molecule has 1 heterocycles. The van der Waals surface area contributed by atoms with E-state index in [-0.39, 0.29) is 11.4 Å². The monoisotopic (exact) mass is 319 g/mol. The molecule has 0 atom stereocenters. The molecule has 3 rings (SSSR count). The van der Waals surface area contributed by atoms with Gasteiger partial charge in [0.2, 0.25) is 0 Å². The van der Waals surface area contributed by atoms with Crippen molar-refractivity contribution in [3.8, 4) is 0 Å². The highest BCUT2D eigenvalue weighted by Crippen LogP contribution is 2.35. The van der Waals surface area contributed by atoms with Gasteiger partial charge in [0.1, 0.15) is 0 Å². The SMILES string of the molecule is O=[N+]([O-])c1ccccc1S(=O)(=O)N1CCNc2ccccc21. The van der Waals surface area contributed by atoms with Crippen LogP contribution in [0.3, 0.4) is 0 Å². The number of anilines is 2. The second-order valence-electron chi connectivity index (χ2n) is 4.75. The molecule has 0 fully saturated rings. The molecule has 0 amide bonds. The first-order valence-corrected chi connectivity index (χ1v) is 8.05. The summed E-state index contributed by atoms with van der Waals surface area (Å²) in [7, 11) is -4.00. The Kier molecular flexibility index (Phi) is 3.45. The third-order valence-corrected chi connectivity index (χ3v) is 5.29. The molecule has 0 saturated carbocycles. The summed E-state index contributed by atoms with van der Waals surface area (Å²) in [6.07, 6.45) is 0. The quantitative estimate of drug-likeness (QED) is 0.691. The normalized spacial score (nSPS) is 14.1. The lowest BCUT2D eigenvalue weighted by Gasteiger charge is -2.30. The summed E-state index contributed by atoms with van der Waals surface area (Å²) in [5.74, 6) is 0. The number of benzene rings is 2. The summed E-state index contributed by atoms with van der Waals surface area (Å²) in [5, 5.41) is 14.2. The molecule has 2 aromatic carbocycles. The van der Waals surface area contributed by atoms with E-state index in [9.17, 15) is 18.5 Å². The van der Waals surface area contributed by atoms with E-state index >= 15 is 0 Å². The molecule has 0 aromatic heterocycles. The Labute approximate surface area is 127 Å². The molecule has 0 spiro atoms. The van der Waals surface area contributed by atoms with Crippen molar-refractivity contribution in [3.63, 3.8) is 0 Å². The van der Waals surface area contributed by atoms with Crippen molar-refractivity contribution < 1.29 is 13.3 Å². The number of hydrogen-bond acceptors (Lipinski definition) is 5. The van der Waals surface area contributed by atoms with Crippen molar-refractivity contribution in [1.82, 2.24) is 0 Å². The Hall–Kier alpha value is -2.61. The molecule has 22 heavy (non-hydrogen) atoms. The van der Waals surface area contributed by atoms with E-state index in [1.165, 1.54) is 28.6 Å². The molecule has 0 aliphatic carbocycles. The Morgan fingerprint density at radius 2 is 1.77 bits per heavy atom. The maximum atomic E-state index is 12.9. The fourth-order valence-electron chi connectivity index (χ4n) is 2.45. The van der Waals surface area contributed by atoms with E-state index in [1.54, 1.807) is 24.3 Å². The minimum absolute atomic E-state index is 0.214. The number of para-hydroxylation sites is 3. The number of nitro benzene ring substituents is 1. The highest BCUT2D eigenvalue weighted by Gasteiger charge is 2.33. The average molecular weight is 319 g/mol. The van der Waals surface area contributed by atoms with Gasteiger partial charge in [-0.15, -0.1) is 0 Å². The van der Waals surface area contributed by atoms with E-state index < -0.39 is 20.6 Å². The van der Waals surface area contributed by atoms with Crippen molar-refractivity contribution in [2.24, 2.45) is 0 Å². The van der Waals surface area contributed by atoms with Crippen molar-refractivity contribution >= 4 is 27.1 Å². The second kappa shape index (κ2) is 5.30. The molecule has 8 heteroatoms. The van der Waals surface area contributed by atoms with Crippen molar-refractivity contribution in [2.45, 2.75) is 4.90 Å². The number of nitrogens with one attached hydrogen (secondary N) is 1. The average Bonchev–Trinajstić information content (AvgIpc) is 2.54. The van der Waals surface area contributed by atoms with Gasteiger partial charge in [0.15, 0.2) is 4.90 Å². The summed E-state index contributed by atoms with van der Waals surface area (Å²) in [6, 6.07) is 12.4. The molecule has 114 valence electrons. The summed E-state index contributed by atoms with van der Waals surface area (Å²) in [4.78, 5) is 10.1. The van der Waals surface area contributed by atoms with E-state index in [0.717, 1.165) is 0 Å². The van der Waals surface area contributed by atoms with Gasteiger partial charge in [-0.25, -0.2) is 8.42 Å². The third kappa shape index (κ3) is 2.27.